The maximum Gasteiger partial charge on any atom is 0.416 e. The van der Waals surface area contributed by atoms with Crippen LogP contribution in [0.3, 0.4) is 0 Å². The third-order valence-electron chi connectivity index (χ3n) is 5.79. The first kappa shape index (κ1) is 19.7. The normalized spacial score (nSPS) is 22.9. The van der Waals surface area contributed by atoms with Crippen molar-refractivity contribution in [2.45, 2.75) is 25.4 Å². The van der Waals surface area contributed by atoms with Gasteiger partial charge < -0.3 is 14.7 Å². The number of halogens is 3. The van der Waals surface area contributed by atoms with E-state index in [1.165, 1.54) is 17.0 Å². The average molecular weight is 409 g/mol. The molecule has 0 unspecified atom stereocenters. The van der Waals surface area contributed by atoms with E-state index in [-0.39, 0.29) is 42.3 Å². The number of rotatable bonds is 3. The molecule has 0 spiro atoms. The maximum atomic E-state index is 12.9. The van der Waals surface area contributed by atoms with Crippen LogP contribution in [0.2, 0.25) is 0 Å². The van der Waals surface area contributed by atoms with Crippen LogP contribution < -0.4 is 4.90 Å². The van der Waals surface area contributed by atoms with Crippen LogP contribution in [0.25, 0.3) is 0 Å². The Kier molecular flexibility index (Phi) is 5.00. The number of piperazine rings is 1. The van der Waals surface area contributed by atoms with Gasteiger partial charge in [-0.15, -0.1) is 0 Å². The second kappa shape index (κ2) is 7.35. The smallest absolute Gasteiger partial charge is 0.339 e. The minimum absolute atomic E-state index is 0.0176. The highest BCUT2D eigenvalue weighted by Gasteiger charge is 2.40. The molecule has 0 radical (unpaired) electrons. The second-order valence-electron chi connectivity index (χ2n) is 7.88. The maximum absolute atomic E-state index is 12.9. The van der Waals surface area contributed by atoms with E-state index in [1.807, 2.05) is 0 Å². The van der Waals surface area contributed by atoms with Crippen LogP contribution >= 0.6 is 0 Å². The van der Waals surface area contributed by atoms with Crippen LogP contribution in [0.15, 0.2) is 24.3 Å². The monoisotopic (exact) mass is 409 g/mol. The number of hydrogen-bond donors (Lipinski definition) is 0. The van der Waals surface area contributed by atoms with Gasteiger partial charge in [-0.1, -0.05) is 6.07 Å². The lowest BCUT2D eigenvalue weighted by molar-refractivity contribution is -0.142. The number of alkyl halides is 3. The summed E-state index contributed by atoms with van der Waals surface area (Å²) in [6.07, 6.45) is -2.64. The number of hydrogen-bond acceptors (Lipinski definition) is 3. The van der Waals surface area contributed by atoms with Gasteiger partial charge in [-0.05, 0) is 31.0 Å². The number of carbonyl (C=O) groups excluding carboxylic acids is 3. The Balaban J connectivity index is 1.38. The Hall–Kier alpha value is -2.58. The molecule has 0 bridgehead atoms. The summed E-state index contributed by atoms with van der Waals surface area (Å²) < 4.78 is 38.8. The van der Waals surface area contributed by atoms with Crippen LogP contribution in [-0.4, -0.2) is 60.2 Å². The largest absolute Gasteiger partial charge is 0.416 e. The van der Waals surface area contributed by atoms with Gasteiger partial charge in [0.1, 0.15) is 0 Å². The molecule has 3 amide bonds. The SMILES string of the molecule is O=C(C1CC1)N1CCN(C(=O)[C@@H]2CC(=O)N(c3cccc(C(F)(F)F)c3)C2)CC1. The van der Waals surface area contributed by atoms with Crippen LogP contribution in [0.4, 0.5) is 18.9 Å². The fourth-order valence-electron chi connectivity index (χ4n) is 3.97. The minimum Gasteiger partial charge on any atom is -0.339 e. The Morgan fingerprint density at radius 3 is 2.07 bits per heavy atom. The summed E-state index contributed by atoms with van der Waals surface area (Å²) in [5.41, 5.74) is -0.672. The fourth-order valence-corrected chi connectivity index (χ4v) is 3.97. The molecule has 156 valence electrons. The molecule has 3 aliphatic rings. The Morgan fingerprint density at radius 1 is 0.931 bits per heavy atom. The lowest BCUT2D eigenvalue weighted by Crippen LogP contribution is -2.52. The zero-order valence-corrected chi connectivity index (χ0v) is 15.8. The second-order valence-corrected chi connectivity index (χ2v) is 7.88. The first-order chi connectivity index (χ1) is 13.7. The van der Waals surface area contributed by atoms with Crippen molar-refractivity contribution < 1.29 is 27.6 Å². The summed E-state index contributed by atoms with van der Waals surface area (Å²) in [6, 6.07) is 4.60. The molecule has 2 heterocycles. The molecule has 1 aliphatic carbocycles. The van der Waals surface area contributed by atoms with Crippen LogP contribution in [0, 0.1) is 11.8 Å². The molecule has 0 aromatic heterocycles. The number of amides is 3. The van der Waals surface area contributed by atoms with Crippen molar-refractivity contribution in [3.8, 4) is 0 Å². The van der Waals surface area contributed by atoms with Crippen molar-refractivity contribution in [3.63, 3.8) is 0 Å². The summed E-state index contributed by atoms with van der Waals surface area (Å²) in [5.74, 6) is -0.811. The van der Waals surface area contributed by atoms with Gasteiger partial charge in [-0.3, -0.25) is 14.4 Å². The number of nitrogens with zero attached hydrogens (tertiary/aromatic N) is 3. The molecule has 1 aromatic carbocycles. The van der Waals surface area contributed by atoms with Gasteiger partial charge in [0.2, 0.25) is 17.7 Å². The van der Waals surface area contributed by atoms with E-state index >= 15 is 0 Å². The van der Waals surface area contributed by atoms with E-state index in [0.717, 1.165) is 25.0 Å². The predicted molar refractivity (Wildman–Crippen MR) is 97.8 cm³/mol. The van der Waals surface area contributed by atoms with Crippen molar-refractivity contribution in [2.24, 2.45) is 11.8 Å². The van der Waals surface area contributed by atoms with E-state index in [0.29, 0.717) is 26.2 Å². The molecule has 4 rings (SSSR count). The van der Waals surface area contributed by atoms with E-state index in [2.05, 4.69) is 0 Å². The van der Waals surface area contributed by atoms with Gasteiger partial charge in [0, 0.05) is 50.7 Å². The van der Waals surface area contributed by atoms with Crippen molar-refractivity contribution in [1.82, 2.24) is 9.80 Å². The summed E-state index contributed by atoms with van der Waals surface area (Å²) in [7, 11) is 0. The molecule has 9 heteroatoms. The van der Waals surface area contributed by atoms with Gasteiger partial charge in [0.25, 0.3) is 0 Å². The molecule has 2 aliphatic heterocycles. The molecule has 2 saturated heterocycles. The average Bonchev–Trinajstić information content (AvgIpc) is 3.48. The lowest BCUT2D eigenvalue weighted by atomic mass is 10.1. The summed E-state index contributed by atoms with van der Waals surface area (Å²) in [4.78, 5) is 42.0. The number of benzene rings is 1. The van der Waals surface area contributed by atoms with E-state index < -0.39 is 17.7 Å². The molecular weight excluding hydrogens is 387 g/mol. The predicted octanol–water partition coefficient (Wildman–Crippen LogP) is 2.14. The van der Waals surface area contributed by atoms with Crippen LogP contribution in [-0.2, 0) is 20.6 Å². The molecule has 29 heavy (non-hydrogen) atoms. The zero-order valence-electron chi connectivity index (χ0n) is 15.8. The van der Waals surface area contributed by atoms with Gasteiger partial charge in [0.15, 0.2) is 0 Å². The minimum atomic E-state index is -4.49. The van der Waals surface area contributed by atoms with E-state index in [4.69, 9.17) is 0 Å². The first-order valence-electron chi connectivity index (χ1n) is 9.79. The highest BCUT2D eigenvalue weighted by atomic mass is 19.4. The lowest BCUT2D eigenvalue weighted by Gasteiger charge is -2.36. The van der Waals surface area contributed by atoms with Crippen molar-refractivity contribution >= 4 is 23.4 Å². The topological polar surface area (TPSA) is 60.9 Å². The van der Waals surface area contributed by atoms with Crippen molar-refractivity contribution in [2.75, 3.05) is 37.6 Å². The van der Waals surface area contributed by atoms with Crippen LogP contribution in [0.1, 0.15) is 24.8 Å². The molecule has 1 saturated carbocycles. The highest BCUT2D eigenvalue weighted by molar-refractivity contribution is 6.00. The van der Waals surface area contributed by atoms with E-state index in [1.54, 1.807) is 9.80 Å². The molecule has 1 atom stereocenters. The first-order valence-corrected chi connectivity index (χ1v) is 9.79. The van der Waals surface area contributed by atoms with Gasteiger partial charge >= 0.3 is 6.18 Å². The Bertz CT molecular complexity index is 830. The molecule has 1 aromatic rings. The third-order valence-corrected chi connectivity index (χ3v) is 5.79. The summed E-state index contributed by atoms with van der Waals surface area (Å²) >= 11 is 0. The molecule has 6 nitrogen and oxygen atoms in total. The molecular formula is C20H22F3N3O3. The van der Waals surface area contributed by atoms with Crippen molar-refractivity contribution in [3.05, 3.63) is 29.8 Å². The fraction of sp³-hybridized carbons (Fsp3) is 0.550. The third kappa shape index (κ3) is 4.09. The standard InChI is InChI=1S/C20H22F3N3O3/c21-20(22,23)15-2-1-3-16(11-15)26-12-14(10-17(26)27)19(29)25-8-6-24(7-9-25)18(28)13-4-5-13/h1-3,11,13-14H,4-10,12H2/t14-/m1/s1. The van der Waals surface area contributed by atoms with Gasteiger partial charge in [-0.2, -0.15) is 13.2 Å². The quantitative estimate of drug-likeness (QED) is 0.769. The zero-order chi connectivity index (χ0) is 20.8. The molecule has 3 fully saturated rings. The van der Waals surface area contributed by atoms with Gasteiger partial charge in [0.05, 0.1) is 11.5 Å². The van der Waals surface area contributed by atoms with Crippen LogP contribution in [0.5, 0.6) is 0 Å². The number of anilines is 1. The summed E-state index contributed by atoms with van der Waals surface area (Å²) in [6.45, 7) is 1.88. The Morgan fingerprint density at radius 2 is 1.52 bits per heavy atom. The van der Waals surface area contributed by atoms with Crippen molar-refractivity contribution in [1.29, 1.82) is 0 Å². The highest BCUT2D eigenvalue weighted by Crippen LogP contribution is 2.34. The number of carbonyl (C=O) groups is 3. The van der Waals surface area contributed by atoms with Gasteiger partial charge in [-0.25, -0.2) is 0 Å². The Labute approximate surface area is 166 Å². The van der Waals surface area contributed by atoms with E-state index in [9.17, 15) is 27.6 Å². The molecule has 0 N–H and O–H groups in total. The summed E-state index contributed by atoms with van der Waals surface area (Å²) in [5, 5.41) is 0.